The number of nitrogens with zero attached hydrogens (tertiary/aromatic N) is 1. The van der Waals surface area contributed by atoms with Crippen LogP contribution < -0.4 is 11.1 Å². The largest absolute Gasteiger partial charge is 0.419 e. The van der Waals surface area contributed by atoms with E-state index < -0.39 is 17.6 Å². The van der Waals surface area contributed by atoms with Crippen LogP contribution in [0.25, 0.3) is 0 Å². The van der Waals surface area contributed by atoms with Crippen LogP contribution in [0.1, 0.15) is 43.2 Å². The Morgan fingerprint density at radius 2 is 1.89 bits per heavy atom. The smallest absolute Gasteiger partial charge is 0.352 e. The van der Waals surface area contributed by atoms with Gasteiger partial charge in [-0.3, -0.25) is 9.69 Å². The summed E-state index contributed by atoms with van der Waals surface area (Å²) in [6, 6.07) is 3.47. The maximum Gasteiger partial charge on any atom is 0.419 e. The van der Waals surface area contributed by atoms with Crippen LogP contribution in [0.4, 0.5) is 17.6 Å². The molecule has 3 N–H and O–H groups in total. The molecule has 0 spiro atoms. The van der Waals surface area contributed by atoms with E-state index in [0.717, 1.165) is 25.5 Å². The fourth-order valence-electron chi connectivity index (χ4n) is 3.80. The first-order valence-electron chi connectivity index (χ1n) is 9.36. The van der Waals surface area contributed by atoms with Crippen LogP contribution in [0.15, 0.2) is 18.2 Å². The fourth-order valence-corrected chi connectivity index (χ4v) is 3.80. The van der Waals surface area contributed by atoms with Crippen LogP contribution >= 0.6 is 0 Å². The molecule has 1 aliphatic heterocycles. The van der Waals surface area contributed by atoms with Gasteiger partial charge < -0.3 is 11.1 Å². The van der Waals surface area contributed by atoms with Gasteiger partial charge in [0.15, 0.2) is 0 Å². The van der Waals surface area contributed by atoms with Crippen molar-refractivity contribution in [2.24, 2.45) is 11.7 Å². The van der Waals surface area contributed by atoms with Crippen molar-refractivity contribution in [2.75, 3.05) is 13.1 Å². The summed E-state index contributed by atoms with van der Waals surface area (Å²) in [7, 11) is 0. The van der Waals surface area contributed by atoms with Gasteiger partial charge in [0.05, 0.1) is 5.56 Å². The number of carbonyl (C=O) groups excluding carboxylic acids is 1. The number of carbonyl (C=O) groups is 1. The minimum absolute atomic E-state index is 0.0884. The molecule has 0 aromatic heterocycles. The first kappa shape index (κ1) is 20.1. The lowest BCUT2D eigenvalue weighted by atomic mass is 10.1. The topological polar surface area (TPSA) is 58.4 Å². The van der Waals surface area contributed by atoms with Crippen LogP contribution in [-0.2, 0) is 17.5 Å². The highest BCUT2D eigenvalue weighted by Gasteiger charge is 2.37. The monoisotopic (exact) mass is 387 g/mol. The maximum atomic E-state index is 14.0. The summed E-state index contributed by atoms with van der Waals surface area (Å²) in [4.78, 5) is 14.6. The first-order valence-corrected chi connectivity index (χ1v) is 9.36. The number of benzene rings is 1. The van der Waals surface area contributed by atoms with Gasteiger partial charge in [0.2, 0.25) is 5.91 Å². The molecule has 1 heterocycles. The highest BCUT2D eigenvalue weighted by atomic mass is 19.4. The maximum absolute atomic E-state index is 14.0. The molecule has 1 amide bonds. The molecule has 27 heavy (non-hydrogen) atoms. The van der Waals surface area contributed by atoms with Crippen molar-refractivity contribution >= 4 is 5.91 Å². The van der Waals surface area contributed by atoms with E-state index in [1.54, 1.807) is 0 Å². The van der Waals surface area contributed by atoms with Gasteiger partial charge in [-0.25, -0.2) is 4.39 Å². The zero-order valence-electron chi connectivity index (χ0n) is 15.1. The zero-order chi connectivity index (χ0) is 19.6. The summed E-state index contributed by atoms with van der Waals surface area (Å²) in [6.45, 7) is 1.24. The van der Waals surface area contributed by atoms with Gasteiger partial charge in [-0.1, -0.05) is 12.1 Å². The number of halogens is 4. The Labute approximate surface area is 156 Å². The Morgan fingerprint density at radius 3 is 2.52 bits per heavy atom. The number of likely N-dealkylation sites (tertiary alicyclic amines) is 1. The van der Waals surface area contributed by atoms with Gasteiger partial charge in [-0.2, -0.15) is 13.2 Å². The van der Waals surface area contributed by atoms with Crippen molar-refractivity contribution in [3.8, 4) is 0 Å². The molecule has 2 aliphatic rings. The predicted molar refractivity (Wildman–Crippen MR) is 93.2 cm³/mol. The lowest BCUT2D eigenvalue weighted by Gasteiger charge is -2.29. The molecular weight excluding hydrogens is 362 g/mol. The van der Waals surface area contributed by atoms with Crippen LogP contribution in [0.5, 0.6) is 0 Å². The molecule has 8 heteroatoms. The average Bonchev–Trinajstić information content (AvgIpc) is 3.34. The molecule has 2 atom stereocenters. The molecular formula is C19H25F4N3O. The third kappa shape index (κ3) is 4.99. The van der Waals surface area contributed by atoms with Crippen molar-refractivity contribution in [1.29, 1.82) is 0 Å². The van der Waals surface area contributed by atoms with E-state index in [1.807, 2.05) is 0 Å². The molecule has 1 aromatic carbocycles. The Balaban J connectivity index is 1.57. The highest BCUT2D eigenvalue weighted by molar-refractivity contribution is 5.76. The molecule has 1 saturated heterocycles. The van der Waals surface area contributed by atoms with Crippen LogP contribution in [0, 0.1) is 11.7 Å². The fraction of sp³-hybridized carbons (Fsp3) is 0.632. The number of nitrogens with one attached hydrogen (secondary N) is 1. The van der Waals surface area contributed by atoms with Gasteiger partial charge in [0, 0.05) is 43.7 Å². The summed E-state index contributed by atoms with van der Waals surface area (Å²) in [6.07, 6.45) is -0.259. The third-order valence-electron chi connectivity index (χ3n) is 5.49. The number of hydrogen-bond donors (Lipinski definition) is 2. The van der Waals surface area contributed by atoms with Crippen LogP contribution in [-0.4, -0.2) is 36.0 Å². The number of nitrogens with two attached hydrogens (primary N) is 1. The Kier molecular flexibility index (Phi) is 6.05. The summed E-state index contributed by atoms with van der Waals surface area (Å²) < 4.78 is 52.4. The SMILES string of the molecule is NC[C@H]1CC[C@@H](CC(=O)NCc2cccc(C(F)(F)F)c2F)N1CC1CC1. The second kappa shape index (κ2) is 8.14. The molecule has 4 nitrogen and oxygen atoms in total. The third-order valence-corrected chi connectivity index (χ3v) is 5.49. The summed E-state index contributed by atoms with van der Waals surface area (Å²) in [5, 5.41) is 2.56. The van der Waals surface area contributed by atoms with E-state index in [0.29, 0.717) is 18.5 Å². The van der Waals surface area contributed by atoms with E-state index in [9.17, 15) is 22.4 Å². The molecule has 1 aliphatic carbocycles. The Hall–Kier alpha value is -1.67. The van der Waals surface area contributed by atoms with Gasteiger partial charge in [0.25, 0.3) is 0 Å². The molecule has 150 valence electrons. The van der Waals surface area contributed by atoms with Gasteiger partial charge in [-0.05, 0) is 37.7 Å². The quantitative estimate of drug-likeness (QED) is 0.707. The molecule has 0 bridgehead atoms. The van der Waals surface area contributed by atoms with Crippen molar-refractivity contribution in [2.45, 2.75) is 56.9 Å². The number of amides is 1. The molecule has 2 fully saturated rings. The summed E-state index contributed by atoms with van der Waals surface area (Å²) in [5.74, 6) is -0.929. The number of hydrogen-bond acceptors (Lipinski definition) is 3. The minimum Gasteiger partial charge on any atom is -0.352 e. The van der Waals surface area contributed by atoms with Gasteiger partial charge >= 0.3 is 6.18 Å². The standard InChI is InChI=1S/C19H25F4N3O/c20-18-13(2-1-3-16(18)19(21,22)23)10-25-17(27)8-14-6-7-15(9-24)26(14)11-12-4-5-12/h1-3,12,14-15H,4-11,24H2,(H,25,27)/t14-,15+/m0/s1. The molecule has 1 saturated carbocycles. The zero-order valence-corrected chi connectivity index (χ0v) is 15.1. The number of rotatable bonds is 7. The van der Waals surface area contributed by atoms with Crippen LogP contribution in [0.3, 0.4) is 0 Å². The van der Waals surface area contributed by atoms with Crippen molar-refractivity contribution in [1.82, 2.24) is 10.2 Å². The summed E-state index contributed by atoms with van der Waals surface area (Å²) in [5.41, 5.74) is 4.36. The van der Waals surface area contributed by atoms with Crippen molar-refractivity contribution in [3.05, 3.63) is 35.1 Å². The Bertz CT molecular complexity index is 675. The van der Waals surface area contributed by atoms with E-state index in [1.165, 1.54) is 18.9 Å². The van der Waals surface area contributed by atoms with E-state index in [4.69, 9.17) is 5.73 Å². The molecule has 0 unspecified atom stereocenters. The predicted octanol–water partition coefficient (Wildman–Crippen LogP) is 3.05. The number of alkyl halides is 3. The molecule has 1 aromatic rings. The molecule has 0 radical (unpaired) electrons. The normalized spacial score (nSPS) is 23.6. The van der Waals surface area contributed by atoms with E-state index in [-0.39, 0.29) is 36.5 Å². The lowest BCUT2D eigenvalue weighted by molar-refractivity contribution is -0.140. The first-order chi connectivity index (χ1) is 12.8. The van der Waals surface area contributed by atoms with Crippen LogP contribution in [0.2, 0.25) is 0 Å². The minimum atomic E-state index is -4.76. The Morgan fingerprint density at radius 1 is 1.19 bits per heavy atom. The van der Waals surface area contributed by atoms with Gasteiger partial charge in [0.1, 0.15) is 5.82 Å². The van der Waals surface area contributed by atoms with Crippen molar-refractivity contribution in [3.63, 3.8) is 0 Å². The second-order valence-electron chi connectivity index (χ2n) is 7.52. The average molecular weight is 387 g/mol. The molecule has 3 rings (SSSR count). The van der Waals surface area contributed by atoms with Gasteiger partial charge in [-0.15, -0.1) is 0 Å². The van der Waals surface area contributed by atoms with E-state index >= 15 is 0 Å². The summed E-state index contributed by atoms with van der Waals surface area (Å²) >= 11 is 0. The second-order valence-corrected chi connectivity index (χ2v) is 7.52. The lowest BCUT2D eigenvalue weighted by Crippen LogP contribution is -2.43. The van der Waals surface area contributed by atoms with Crippen molar-refractivity contribution < 1.29 is 22.4 Å². The highest BCUT2D eigenvalue weighted by Crippen LogP contribution is 2.35. The van der Waals surface area contributed by atoms with E-state index in [2.05, 4.69) is 10.2 Å².